The second-order valence-corrected chi connectivity index (χ2v) is 34.9. The molecule has 464 valence electrons. The molecule has 15 aromatic rings. The van der Waals surface area contributed by atoms with E-state index in [1.807, 2.05) is 0 Å². The third kappa shape index (κ3) is 6.24. The van der Waals surface area contributed by atoms with Crippen LogP contribution in [0.5, 0.6) is 0 Å². The zero-order chi connectivity index (χ0) is 65.4. The summed E-state index contributed by atoms with van der Waals surface area (Å²) in [7, 11) is 0. The van der Waals surface area contributed by atoms with Crippen LogP contribution in [0.25, 0.3) is 66.8 Å². The molecular weight excluding hydrogens is 1320 g/mol. The van der Waals surface area contributed by atoms with Gasteiger partial charge in [-0.3, -0.25) is 0 Å². The normalized spacial score (nSPS) is 15.7. The molecule has 100 heavy (non-hydrogen) atoms. The zero-order valence-electron chi connectivity index (χ0n) is 55.2. The van der Waals surface area contributed by atoms with Gasteiger partial charge >= 0.3 is 593 Å². The van der Waals surface area contributed by atoms with Gasteiger partial charge in [0.05, 0.1) is 0 Å². The third-order valence-corrected chi connectivity index (χ3v) is 32.2. The number of nitrogens with zero attached hydrogens (tertiary/aromatic N) is 3. The first-order valence-electron chi connectivity index (χ1n) is 35.3. The summed E-state index contributed by atoms with van der Waals surface area (Å²) in [6.45, 7) is 7.04. The van der Waals surface area contributed by atoms with Crippen molar-refractivity contribution in [2.24, 2.45) is 0 Å². The van der Waals surface area contributed by atoms with Crippen LogP contribution in [-0.2, 0) is 16.2 Å². The number of hydrogen-bond donors (Lipinski definition) is 0. The summed E-state index contributed by atoms with van der Waals surface area (Å²) in [5.74, 6) is 0. The predicted octanol–water partition coefficient (Wildman–Crippen LogP) is 21.5. The predicted molar refractivity (Wildman–Crippen MR) is 412 cm³/mol. The average molecular weight is 1380 g/mol. The Morgan fingerprint density at radius 2 is 0.360 bits per heavy atom. The number of benzene rings is 15. The van der Waals surface area contributed by atoms with E-state index < -0.39 is 36.5 Å². The maximum atomic E-state index is 2.74. The van der Waals surface area contributed by atoms with Crippen molar-refractivity contribution in [1.82, 2.24) is 0 Å². The van der Waals surface area contributed by atoms with Gasteiger partial charge in [-0.05, 0) is 0 Å². The van der Waals surface area contributed by atoms with Crippen LogP contribution in [0.4, 0.5) is 51.2 Å². The van der Waals surface area contributed by atoms with Crippen LogP contribution < -0.4 is 25.2 Å². The quantitative estimate of drug-likeness (QED) is 0.163. The second-order valence-electron chi connectivity index (χ2n) is 29.1. The number of hydrogen-bond acceptors (Lipinski definition) is 3. The Balaban J connectivity index is 0.799. The van der Waals surface area contributed by atoms with E-state index in [1.165, 1.54) is 212 Å². The summed E-state index contributed by atoms with van der Waals surface area (Å²) in [6, 6.07) is 121. The summed E-state index contributed by atoms with van der Waals surface area (Å²) in [4.78, 5) is 8.22. The molecular formula is C96H60N3Sb. The van der Waals surface area contributed by atoms with Crippen molar-refractivity contribution in [3.8, 4) is 66.8 Å². The molecule has 0 fully saturated rings. The SMILES string of the molecule is Cc1cc2[c]3c(c1)N(c1ccc4c(c1)C1(c5ccccc5-c5ccccc51)c1ccccc1-4)c1cc(C)cc4[c]1[Sb]3[c]1c(cc(C)cc1N4c1ccc3c(c1)C1(c4ccccc4-c4ccccc41)c1ccccc1-3)N2c1ccc2c(c1)C1(c3ccccc3-c3ccccc31)c1ccccc1-2. The molecule has 0 amide bonds. The first kappa shape index (κ1) is 54.5. The fourth-order valence-corrected chi connectivity index (χ4v) is 29.8. The van der Waals surface area contributed by atoms with Crippen LogP contribution in [-0.4, -0.2) is 20.2 Å². The molecule has 0 saturated carbocycles. The van der Waals surface area contributed by atoms with Gasteiger partial charge in [0.2, 0.25) is 0 Å². The number of anilines is 9. The molecule has 0 radical (unpaired) electrons. The number of fused-ring (bicyclic) bond motifs is 30. The molecule has 24 rings (SSSR count). The van der Waals surface area contributed by atoms with Crippen molar-refractivity contribution in [2.45, 2.75) is 37.0 Å². The molecule has 3 nitrogen and oxygen atoms in total. The van der Waals surface area contributed by atoms with Gasteiger partial charge in [0.15, 0.2) is 0 Å². The summed E-state index contributed by atoms with van der Waals surface area (Å²) in [5.41, 5.74) is 45.4. The van der Waals surface area contributed by atoms with Crippen molar-refractivity contribution >= 4 is 81.9 Å². The fraction of sp³-hybridized carbons (Fsp3) is 0.0625. The van der Waals surface area contributed by atoms with Crippen molar-refractivity contribution in [1.29, 1.82) is 0 Å². The van der Waals surface area contributed by atoms with Crippen molar-refractivity contribution in [3.63, 3.8) is 0 Å². The van der Waals surface area contributed by atoms with E-state index in [0.717, 1.165) is 0 Å². The molecule has 3 spiro atoms. The minimum atomic E-state index is -3.19. The van der Waals surface area contributed by atoms with E-state index in [-0.39, 0.29) is 0 Å². The summed E-state index contributed by atoms with van der Waals surface area (Å²) >= 11 is -3.19. The van der Waals surface area contributed by atoms with Crippen molar-refractivity contribution < 1.29 is 0 Å². The van der Waals surface area contributed by atoms with Crippen LogP contribution in [0.1, 0.15) is 83.5 Å². The van der Waals surface area contributed by atoms with Gasteiger partial charge in [-0.2, -0.15) is 0 Å². The number of rotatable bonds is 3. The molecule has 9 aliphatic rings. The van der Waals surface area contributed by atoms with E-state index >= 15 is 0 Å². The van der Waals surface area contributed by atoms with Gasteiger partial charge in [0.1, 0.15) is 0 Å². The molecule has 0 N–H and O–H groups in total. The molecule has 0 bridgehead atoms. The van der Waals surface area contributed by atoms with E-state index in [0.29, 0.717) is 0 Å². The van der Waals surface area contributed by atoms with Crippen LogP contribution in [0.15, 0.2) is 309 Å². The molecule has 3 aliphatic heterocycles. The van der Waals surface area contributed by atoms with E-state index in [4.69, 9.17) is 0 Å². The maximum absolute atomic E-state index is 3.19. The Kier molecular flexibility index (Phi) is 10.3. The van der Waals surface area contributed by atoms with Gasteiger partial charge in [0.25, 0.3) is 0 Å². The van der Waals surface area contributed by atoms with Crippen LogP contribution >= 0.6 is 0 Å². The zero-order valence-corrected chi connectivity index (χ0v) is 57.8. The molecule has 0 aromatic heterocycles. The molecule has 6 aliphatic carbocycles. The van der Waals surface area contributed by atoms with Gasteiger partial charge in [-0.25, -0.2) is 0 Å². The van der Waals surface area contributed by atoms with Crippen LogP contribution in [0, 0.1) is 20.8 Å². The Bertz CT molecular complexity index is 5470. The Morgan fingerprint density at radius 3 is 0.550 bits per heavy atom. The van der Waals surface area contributed by atoms with Crippen molar-refractivity contribution in [2.75, 3.05) is 14.7 Å². The monoisotopic (exact) mass is 1380 g/mol. The topological polar surface area (TPSA) is 9.72 Å². The third-order valence-electron chi connectivity index (χ3n) is 24.5. The molecule has 15 aromatic carbocycles. The van der Waals surface area contributed by atoms with Gasteiger partial charge in [0, 0.05) is 0 Å². The van der Waals surface area contributed by atoms with Gasteiger partial charge in [-0.15, -0.1) is 0 Å². The Labute approximate surface area is 588 Å². The van der Waals surface area contributed by atoms with Gasteiger partial charge in [-0.1, -0.05) is 0 Å². The Hall–Kier alpha value is -11.5. The summed E-state index contributed by atoms with van der Waals surface area (Å²) in [6.07, 6.45) is 0. The number of aryl methyl sites for hydroxylation is 3. The van der Waals surface area contributed by atoms with E-state index in [1.54, 1.807) is 0 Å². The summed E-state index contributed by atoms with van der Waals surface area (Å²) < 4.78 is 4.53. The molecule has 0 saturated heterocycles. The Morgan fingerprint density at radius 1 is 0.190 bits per heavy atom. The first-order chi connectivity index (χ1) is 49.3. The van der Waals surface area contributed by atoms with E-state index in [9.17, 15) is 0 Å². The second kappa shape index (κ2) is 18.8. The molecule has 0 unspecified atom stereocenters. The van der Waals surface area contributed by atoms with Crippen LogP contribution in [0.3, 0.4) is 0 Å². The van der Waals surface area contributed by atoms with E-state index in [2.05, 4.69) is 345 Å². The van der Waals surface area contributed by atoms with Crippen molar-refractivity contribution in [3.05, 3.63) is 393 Å². The van der Waals surface area contributed by atoms with Gasteiger partial charge < -0.3 is 0 Å². The molecule has 4 heteroatoms. The van der Waals surface area contributed by atoms with Crippen LogP contribution in [0.2, 0.25) is 0 Å². The standard InChI is InChI=1S/C96H60N3.Sb/c1-58-46-64-52-65(47-58)98(62-41-44-80-77-29-11-20-38-89(77)95(92(80)56-62)84-33-15-6-24-72(84)73-25-7-16-34-85(73)95)67-49-60(3)51-69(54-67)99(63-42-45-81-78-30-12-21-39-90(78)96(93(81)57-63)86-35-17-8-26-74(86)75-27-9-18-36-87(75)96)68-50-59(2)48-66(53-68)97(64)61-40-43-79-76-28-10-19-37-88(76)94(91(79)55-61)82-31-13-4-22-70(82)71-23-5-14-32-83(71)94;/h4-51,55-57H,1-3H3;. The fourth-order valence-electron chi connectivity index (χ4n) is 21.2. The first-order valence-corrected chi connectivity index (χ1v) is 39.1. The summed E-state index contributed by atoms with van der Waals surface area (Å²) in [5, 5.41) is 0. The minimum absolute atomic E-state index is 0.516. The molecule has 0 atom stereocenters. The average Bonchev–Trinajstić information content (AvgIpc) is 1.14. The molecule has 3 heterocycles.